The highest BCUT2D eigenvalue weighted by Gasteiger charge is 2.39. The number of allylic oxidation sites excluding steroid dienone is 1. The van der Waals surface area contributed by atoms with Crippen molar-refractivity contribution in [1.29, 1.82) is 0 Å². The van der Waals surface area contributed by atoms with Crippen molar-refractivity contribution in [2.45, 2.75) is 23.1 Å². The number of carbonyl (C=O) groups is 1. The Labute approximate surface area is 172 Å². The van der Waals surface area contributed by atoms with Crippen molar-refractivity contribution in [3.05, 3.63) is 69.8 Å². The van der Waals surface area contributed by atoms with Gasteiger partial charge in [-0.05, 0) is 36.1 Å². The van der Waals surface area contributed by atoms with Gasteiger partial charge in [0.05, 0.1) is 5.70 Å². The average Bonchev–Trinajstić information content (AvgIpc) is 2.75. The smallest absolute Gasteiger partial charge is 0.253 e. The number of rotatable bonds is 1. The maximum absolute atomic E-state index is 12.9. The van der Waals surface area contributed by atoms with Gasteiger partial charge in [0.2, 0.25) is 5.78 Å². The molecule has 0 spiro atoms. The Balaban J connectivity index is 2.03. The van der Waals surface area contributed by atoms with Gasteiger partial charge in [-0.3, -0.25) is 4.79 Å². The van der Waals surface area contributed by atoms with Crippen LogP contribution in [-0.2, 0) is 11.2 Å². The molecule has 6 heteroatoms. The number of hydrogen-bond acceptors (Lipinski definition) is 2. The highest BCUT2D eigenvalue weighted by molar-refractivity contribution is 6.77. The van der Waals surface area contributed by atoms with Crippen LogP contribution in [0.25, 0.3) is 5.70 Å². The van der Waals surface area contributed by atoms with E-state index in [0.717, 1.165) is 41.9 Å². The lowest BCUT2D eigenvalue weighted by Gasteiger charge is -2.34. The molecule has 0 aromatic heterocycles. The number of nitrogens with zero attached hydrogens (tertiary/aromatic N) is 1. The van der Waals surface area contributed by atoms with Gasteiger partial charge in [-0.1, -0.05) is 76.7 Å². The van der Waals surface area contributed by atoms with E-state index in [1.165, 1.54) is 5.56 Å². The Morgan fingerprint density at radius 1 is 1.04 bits per heavy atom. The molecular weight excluding hydrogens is 412 g/mol. The zero-order valence-electron chi connectivity index (χ0n) is 13.7. The maximum Gasteiger partial charge on any atom is 0.253 e. The summed E-state index contributed by atoms with van der Waals surface area (Å²) in [5.41, 5.74) is 5.74. The van der Waals surface area contributed by atoms with Crippen molar-refractivity contribution in [2.24, 2.45) is 0 Å². The molecule has 0 unspecified atom stereocenters. The van der Waals surface area contributed by atoms with Crippen LogP contribution in [0.1, 0.15) is 29.5 Å². The fraction of sp³-hybridized carbons (Fsp3) is 0.250. The van der Waals surface area contributed by atoms with E-state index in [0.29, 0.717) is 17.0 Å². The highest BCUT2D eigenvalue weighted by atomic mass is 35.6. The van der Waals surface area contributed by atoms with Crippen LogP contribution in [0.2, 0.25) is 5.02 Å². The van der Waals surface area contributed by atoms with E-state index in [1.54, 1.807) is 0 Å². The number of carbonyl (C=O) groups excluding carboxylic acids is 1. The Kier molecular flexibility index (Phi) is 4.73. The maximum atomic E-state index is 12.9. The molecule has 134 valence electrons. The molecule has 0 amide bonds. The average molecular weight is 427 g/mol. The topological polar surface area (TPSA) is 20.3 Å². The van der Waals surface area contributed by atoms with Crippen LogP contribution in [0, 0.1) is 0 Å². The first kappa shape index (κ1) is 18.2. The van der Waals surface area contributed by atoms with Gasteiger partial charge >= 0.3 is 0 Å². The Hall–Kier alpha value is -1.19. The number of benzene rings is 2. The van der Waals surface area contributed by atoms with E-state index < -0.39 is 9.58 Å². The first-order valence-electron chi connectivity index (χ1n) is 8.35. The number of ketones is 1. The van der Waals surface area contributed by atoms with Crippen LogP contribution < -0.4 is 4.90 Å². The zero-order chi connectivity index (χ0) is 18.5. The fourth-order valence-corrected chi connectivity index (χ4v) is 4.31. The van der Waals surface area contributed by atoms with Crippen molar-refractivity contribution in [2.75, 3.05) is 11.4 Å². The molecule has 0 radical (unpaired) electrons. The standard InChI is InChI=1S/C20H15Cl4NO/c21-14-8-7-13-10-12-4-1-2-5-15(12)18-16(19(26)20(22,23)24)6-3-9-25(18)17(13)11-14/h1-2,4-5,7-8,11H,3,6,9-10H2. The van der Waals surface area contributed by atoms with Crippen LogP contribution in [0.5, 0.6) is 0 Å². The first-order valence-corrected chi connectivity index (χ1v) is 9.86. The number of fused-ring (bicyclic) bond motifs is 5. The lowest BCUT2D eigenvalue weighted by molar-refractivity contribution is -0.114. The molecule has 4 rings (SSSR count). The molecule has 2 aliphatic heterocycles. The van der Waals surface area contributed by atoms with E-state index >= 15 is 0 Å². The molecule has 2 heterocycles. The van der Waals surface area contributed by atoms with Gasteiger partial charge in [0.25, 0.3) is 3.79 Å². The molecule has 0 N–H and O–H groups in total. The lowest BCUT2D eigenvalue weighted by atomic mass is 9.92. The molecule has 0 saturated carbocycles. The molecule has 2 aromatic carbocycles. The molecule has 0 aliphatic carbocycles. The zero-order valence-corrected chi connectivity index (χ0v) is 16.8. The Morgan fingerprint density at radius 2 is 1.81 bits per heavy atom. The van der Waals surface area contributed by atoms with Crippen LogP contribution in [0.15, 0.2) is 48.0 Å². The number of alkyl halides is 3. The molecule has 26 heavy (non-hydrogen) atoms. The van der Waals surface area contributed by atoms with Crippen molar-refractivity contribution in [3.63, 3.8) is 0 Å². The van der Waals surface area contributed by atoms with Gasteiger partial charge in [-0.15, -0.1) is 0 Å². The second-order valence-corrected chi connectivity index (χ2v) is 9.23. The summed E-state index contributed by atoms with van der Waals surface area (Å²) < 4.78 is -1.97. The van der Waals surface area contributed by atoms with Gasteiger partial charge < -0.3 is 4.90 Å². The normalized spacial score (nSPS) is 16.5. The SMILES string of the molecule is O=C(C1=C2c3ccccc3Cc3ccc(Cl)cc3N2CCC1)C(Cl)(Cl)Cl. The molecule has 2 aliphatic rings. The van der Waals surface area contributed by atoms with E-state index in [4.69, 9.17) is 46.4 Å². The fourth-order valence-electron chi connectivity index (χ4n) is 3.80. The minimum atomic E-state index is -1.97. The first-order chi connectivity index (χ1) is 12.4. The molecule has 0 fully saturated rings. The van der Waals surface area contributed by atoms with Crippen LogP contribution in [0.3, 0.4) is 0 Å². The Morgan fingerprint density at radius 3 is 2.58 bits per heavy atom. The van der Waals surface area contributed by atoms with Gasteiger partial charge in [-0.25, -0.2) is 0 Å². The van der Waals surface area contributed by atoms with Crippen molar-refractivity contribution in [3.8, 4) is 0 Å². The summed E-state index contributed by atoms with van der Waals surface area (Å²) in [6.45, 7) is 0.785. The predicted octanol–water partition coefficient (Wildman–Crippen LogP) is 6.20. The van der Waals surface area contributed by atoms with Crippen LogP contribution >= 0.6 is 46.4 Å². The molecule has 2 aromatic rings. The Bertz CT molecular complexity index is 930. The van der Waals surface area contributed by atoms with Gasteiger partial charge in [-0.2, -0.15) is 0 Å². The second kappa shape index (κ2) is 6.76. The molecular formula is C20H15Cl4NO. The highest BCUT2D eigenvalue weighted by Crippen LogP contribution is 2.44. The van der Waals surface area contributed by atoms with E-state index in [-0.39, 0.29) is 0 Å². The molecule has 0 saturated heterocycles. The summed E-state index contributed by atoms with van der Waals surface area (Å²) in [5.74, 6) is -0.456. The number of hydrogen-bond donors (Lipinski definition) is 0. The largest absolute Gasteiger partial charge is 0.340 e. The van der Waals surface area contributed by atoms with Crippen molar-refractivity contribution < 1.29 is 4.79 Å². The summed E-state index contributed by atoms with van der Waals surface area (Å²) in [6.07, 6.45) is 2.15. The number of anilines is 1. The molecule has 2 nitrogen and oxygen atoms in total. The minimum absolute atomic E-state index is 0.456. The minimum Gasteiger partial charge on any atom is -0.340 e. The third-order valence-corrected chi connectivity index (χ3v) is 5.64. The number of Topliss-reactive ketones (excluding diaryl/α,β-unsaturated/α-hetero) is 1. The van der Waals surface area contributed by atoms with Gasteiger partial charge in [0, 0.05) is 34.8 Å². The predicted molar refractivity (Wildman–Crippen MR) is 109 cm³/mol. The van der Waals surface area contributed by atoms with E-state index in [1.807, 2.05) is 36.4 Å². The van der Waals surface area contributed by atoms with Crippen LogP contribution in [0.4, 0.5) is 5.69 Å². The third kappa shape index (κ3) is 3.14. The summed E-state index contributed by atoms with van der Waals surface area (Å²) in [7, 11) is 0. The number of halogens is 4. The quantitative estimate of drug-likeness (QED) is 0.506. The lowest BCUT2D eigenvalue weighted by Crippen LogP contribution is -2.33. The van der Waals surface area contributed by atoms with E-state index in [2.05, 4.69) is 11.0 Å². The third-order valence-electron chi connectivity index (χ3n) is 4.89. The van der Waals surface area contributed by atoms with Crippen molar-refractivity contribution in [1.82, 2.24) is 0 Å². The van der Waals surface area contributed by atoms with E-state index in [9.17, 15) is 4.79 Å². The summed E-state index contributed by atoms with van der Waals surface area (Å²) in [6, 6.07) is 14.0. The van der Waals surface area contributed by atoms with Crippen LogP contribution in [-0.4, -0.2) is 16.1 Å². The van der Waals surface area contributed by atoms with Gasteiger partial charge in [0.1, 0.15) is 0 Å². The second-order valence-electron chi connectivity index (χ2n) is 6.52. The van der Waals surface area contributed by atoms with Crippen molar-refractivity contribution >= 4 is 63.6 Å². The molecule has 0 bridgehead atoms. The summed E-state index contributed by atoms with van der Waals surface area (Å²) >= 11 is 24.1. The monoisotopic (exact) mass is 425 g/mol. The summed E-state index contributed by atoms with van der Waals surface area (Å²) in [4.78, 5) is 15.0. The summed E-state index contributed by atoms with van der Waals surface area (Å²) in [5, 5.41) is 0.661. The molecule has 0 atom stereocenters. The van der Waals surface area contributed by atoms with Gasteiger partial charge in [0.15, 0.2) is 0 Å².